The monoisotopic (exact) mass is 293 g/mol. The number of nitrogens with zero attached hydrogens (tertiary/aromatic N) is 1. The Hall–Kier alpha value is -1.20. The molecule has 2 aromatic rings. The predicted octanol–water partition coefficient (Wildman–Crippen LogP) is 3.50. The fourth-order valence-electron chi connectivity index (χ4n) is 2.28. The maximum absolute atomic E-state index is 12.3. The van der Waals surface area contributed by atoms with Crippen molar-refractivity contribution in [3.05, 3.63) is 40.5 Å². The van der Waals surface area contributed by atoms with E-state index in [-0.39, 0.29) is 5.97 Å². The first-order valence-electron chi connectivity index (χ1n) is 6.34. The van der Waals surface area contributed by atoms with Crippen LogP contribution >= 0.6 is 23.1 Å². The minimum absolute atomic E-state index is 0.185. The van der Waals surface area contributed by atoms with Crippen molar-refractivity contribution in [2.24, 2.45) is 0 Å². The number of thiophene rings is 1. The summed E-state index contributed by atoms with van der Waals surface area (Å²) in [7, 11) is 0. The molecule has 2 aromatic heterocycles. The number of thioether (sulfide) groups is 1. The van der Waals surface area contributed by atoms with Crippen LogP contribution in [-0.4, -0.2) is 22.9 Å². The second-order valence-corrected chi connectivity index (χ2v) is 6.49. The van der Waals surface area contributed by atoms with Crippen LogP contribution in [-0.2, 0) is 16.9 Å². The van der Waals surface area contributed by atoms with Crippen molar-refractivity contribution in [3.63, 3.8) is 0 Å². The largest absolute Gasteiger partial charge is 0.462 e. The molecular formula is C14H15NO2S2. The molecule has 5 heteroatoms. The normalized spacial score (nSPS) is 14.2. The molecule has 0 fully saturated rings. The molecular weight excluding hydrogens is 278 g/mol. The van der Waals surface area contributed by atoms with E-state index in [4.69, 9.17) is 4.74 Å². The highest BCUT2D eigenvalue weighted by Crippen LogP contribution is 2.38. The third-order valence-corrected chi connectivity index (χ3v) is 5.53. The van der Waals surface area contributed by atoms with Gasteiger partial charge in [-0.1, -0.05) is 0 Å². The van der Waals surface area contributed by atoms with Crippen LogP contribution < -0.4 is 0 Å². The Bertz CT molecular complexity index is 587. The summed E-state index contributed by atoms with van der Waals surface area (Å²) in [6.07, 6.45) is 4.92. The third kappa shape index (κ3) is 2.32. The smallest absolute Gasteiger partial charge is 0.341 e. The highest BCUT2D eigenvalue weighted by atomic mass is 32.2. The molecule has 100 valence electrons. The summed E-state index contributed by atoms with van der Waals surface area (Å²) in [4.78, 5) is 13.6. The van der Waals surface area contributed by atoms with Crippen LogP contribution in [0.25, 0.3) is 5.00 Å². The molecule has 3 rings (SSSR count). The quantitative estimate of drug-likeness (QED) is 0.812. The second kappa shape index (κ2) is 5.43. The summed E-state index contributed by atoms with van der Waals surface area (Å²) >= 11 is 3.65. The van der Waals surface area contributed by atoms with Gasteiger partial charge < -0.3 is 9.30 Å². The van der Waals surface area contributed by atoms with Gasteiger partial charge in [-0.15, -0.1) is 11.3 Å². The molecule has 3 nitrogen and oxygen atoms in total. The van der Waals surface area contributed by atoms with Gasteiger partial charge in [0.2, 0.25) is 0 Å². The highest BCUT2D eigenvalue weighted by Gasteiger charge is 2.26. The van der Waals surface area contributed by atoms with E-state index in [2.05, 4.69) is 0 Å². The summed E-state index contributed by atoms with van der Waals surface area (Å²) in [5.74, 6) is 1.91. The van der Waals surface area contributed by atoms with Crippen molar-refractivity contribution in [2.45, 2.75) is 19.1 Å². The molecule has 0 aromatic carbocycles. The number of hydrogen-bond acceptors (Lipinski definition) is 4. The Morgan fingerprint density at radius 1 is 1.42 bits per heavy atom. The molecule has 3 heterocycles. The van der Waals surface area contributed by atoms with Crippen molar-refractivity contribution < 1.29 is 9.53 Å². The van der Waals surface area contributed by atoms with Crippen LogP contribution in [0.1, 0.15) is 27.7 Å². The van der Waals surface area contributed by atoms with Gasteiger partial charge in [0.15, 0.2) is 0 Å². The minimum atomic E-state index is -0.185. The summed E-state index contributed by atoms with van der Waals surface area (Å²) < 4.78 is 7.25. The van der Waals surface area contributed by atoms with Gasteiger partial charge in [0, 0.05) is 23.0 Å². The topological polar surface area (TPSA) is 31.2 Å². The zero-order chi connectivity index (χ0) is 13.2. The Balaban J connectivity index is 2.12. The molecule has 0 N–H and O–H groups in total. The van der Waals surface area contributed by atoms with Gasteiger partial charge in [0.1, 0.15) is 5.00 Å². The van der Waals surface area contributed by atoms with Gasteiger partial charge in [0.25, 0.3) is 0 Å². The standard InChI is InChI=1S/C14H15NO2S2/c1-2-17-14(16)12-10-5-8-18-9-11(10)19-13(12)15-6-3-4-7-15/h3-4,6-7H,2,5,8-9H2,1H3. The lowest BCUT2D eigenvalue weighted by molar-refractivity contribution is 0.0526. The fraction of sp³-hybridized carbons (Fsp3) is 0.357. The molecule has 0 amide bonds. The van der Waals surface area contributed by atoms with Gasteiger partial charge in [-0.25, -0.2) is 4.79 Å². The lowest BCUT2D eigenvalue weighted by atomic mass is 10.1. The molecule has 0 saturated heterocycles. The maximum atomic E-state index is 12.3. The average Bonchev–Trinajstić information content (AvgIpc) is 3.06. The van der Waals surface area contributed by atoms with Crippen LogP contribution in [0.15, 0.2) is 24.5 Å². The average molecular weight is 293 g/mol. The van der Waals surface area contributed by atoms with Crippen LogP contribution in [0.4, 0.5) is 0 Å². The number of ether oxygens (including phenoxy) is 1. The molecule has 1 aliphatic rings. The number of aromatic nitrogens is 1. The molecule has 0 unspecified atom stereocenters. The van der Waals surface area contributed by atoms with E-state index in [1.807, 2.05) is 47.8 Å². The lowest BCUT2D eigenvalue weighted by Crippen LogP contribution is -2.11. The number of hydrogen-bond donors (Lipinski definition) is 0. The second-order valence-electron chi connectivity index (χ2n) is 4.30. The molecule has 1 aliphatic heterocycles. The van der Waals surface area contributed by atoms with E-state index in [1.165, 1.54) is 10.4 Å². The first-order valence-corrected chi connectivity index (χ1v) is 8.31. The van der Waals surface area contributed by atoms with Crippen LogP contribution in [0.2, 0.25) is 0 Å². The van der Waals surface area contributed by atoms with E-state index in [1.54, 1.807) is 11.3 Å². The first-order chi connectivity index (χ1) is 9.31. The van der Waals surface area contributed by atoms with Crippen molar-refractivity contribution in [3.8, 4) is 5.00 Å². The van der Waals surface area contributed by atoms with Gasteiger partial charge in [-0.2, -0.15) is 11.8 Å². The number of carbonyl (C=O) groups excluding carboxylic acids is 1. The SMILES string of the molecule is CCOC(=O)c1c(-n2cccc2)sc2c1CCSC2. The minimum Gasteiger partial charge on any atom is -0.462 e. The van der Waals surface area contributed by atoms with E-state index in [0.717, 1.165) is 28.5 Å². The zero-order valence-corrected chi connectivity index (χ0v) is 12.4. The number of fused-ring (bicyclic) bond motifs is 1. The maximum Gasteiger partial charge on any atom is 0.341 e. The van der Waals surface area contributed by atoms with Gasteiger partial charge in [0.05, 0.1) is 12.2 Å². The van der Waals surface area contributed by atoms with E-state index in [0.29, 0.717) is 6.61 Å². The van der Waals surface area contributed by atoms with Crippen molar-refractivity contribution in [1.29, 1.82) is 0 Å². The van der Waals surface area contributed by atoms with Crippen molar-refractivity contribution in [2.75, 3.05) is 12.4 Å². The Labute approximate surface area is 120 Å². The number of esters is 1. The predicted molar refractivity (Wildman–Crippen MR) is 79.5 cm³/mol. The van der Waals surface area contributed by atoms with Crippen molar-refractivity contribution in [1.82, 2.24) is 4.57 Å². The van der Waals surface area contributed by atoms with Gasteiger partial charge >= 0.3 is 5.97 Å². The Morgan fingerprint density at radius 2 is 2.21 bits per heavy atom. The van der Waals surface area contributed by atoms with Crippen LogP contribution in [0.3, 0.4) is 0 Å². The van der Waals surface area contributed by atoms with Crippen LogP contribution in [0, 0.1) is 0 Å². The lowest BCUT2D eigenvalue weighted by Gasteiger charge is -2.12. The number of rotatable bonds is 3. The van der Waals surface area contributed by atoms with Crippen molar-refractivity contribution >= 4 is 29.1 Å². The summed E-state index contributed by atoms with van der Waals surface area (Å²) in [6.45, 7) is 2.27. The zero-order valence-electron chi connectivity index (χ0n) is 10.7. The highest BCUT2D eigenvalue weighted by molar-refractivity contribution is 7.98. The van der Waals surface area contributed by atoms with Gasteiger partial charge in [-0.3, -0.25) is 0 Å². The molecule has 0 saturated carbocycles. The van der Waals surface area contributed by atoms with Gasteiger partial charge in [-0.05, 0) is 36.8 Å². The Morgan fingerprint density at radius 3 is 2.95 bits per heavy atom. The first kappa shape index (κ1) is 12.8. The molecule has 19 heavy (non-hydrogen) atoms. The molecule has 0 spiro atoms. The fourth-order valence-corrected chi connectivity index (χ4v) is 4.72. The third-order valence-electron chi connectivity index (χ3n) is 3.12. The molecule has 0 atom stereocenters. The molecule has 0 aliphatic carbocycles. The van der Waals surface area contributed by atoms with E-state index < -0.39 is 0 Å². The van der Waals surface area contributed by atoms with E-state index >= 15 is 0 Å². The summed E-state index contributed by atoms with van der Waals surface area (Å²) in [5.41, 5.74) is 1.98. The van der Waals surface area contributed by atoms with Crippen LogP contribution in [0.5, 0.6) is 0 Å². The summed E-state index contributed by atoms with van der Waals surface area (Å²) in [5, 5.41) is 0.996. The summed E-state index contributed by atoms with van der Waals surface area (Å²) in [6, 6.07) is 3.95. The number of carbonyl (C=O) groups is 1. The molecule has 0 radical (unpaired) electrons. The molecule has 0 bridgehead atoms. The van der Waals surface area contributed by atoms with E-state index in [9.17, 15) is 4.79 Å². The Kier molecular flexibility index (Phi) is 3.66.